The van der Waals surface area contributed by atoms with Gasteiger partial charge < -0.3 is 19.5 Å². The van der Waals surface area contributed by atoms with Crippen LogP contribution in [0, 0.1) is 0 Å². The third-order valence-corrected chi connectivity index (χ3v) is 3.29. The zero-order valence-corrected chi connectivity index (χ0v) is 13.0. The summed E-state index contributed by atoms with van der Waals surface area (Å²) in [5, 5.41) is 3.51. The number of benzene rings is 1. The number of rotatable bonds is 12. The van der Waals surface area contributed by atoms with E-state index in [9.17, 15) is 0 Å². The van der Waals surface area contributed by atoms with E-state index in [1.165, 1.54) is 18.4 Å². The topological polar surface area (TPSA) is 39.7 Å². The van der Waals surface area contributed by atoms with Crippen molar-refractivity contribution in [2.24, 2.45) is 0 Å². The lowest BCUT2D eigenvalue weighted by molar-refractivity contribution is 0.0366. The smallest absolute Gasteiger partial charge is 0.119 e. The molecule has 1 fully saturated rings. The largest absolute Gasteiger partial charge is 0.491 e. The van der Waals surface area contributed by atoms with Crippen LogP contribution in [0.5, 0.6) is 5.75 Å². The number of hydrogen-bond donors (Lipinski definition) is 1. The fourth-order valence-corrected chi connectivity index (χ4v) is 1.98. The molecule has 1 aromatic carbocycles. The lowest BCUT2D eigenvalue weighted by atomic mass is 10.2. The summed E-state index contributed by atoms with van der Waals surface area (Å²) < 4.78 is 16.5. The first-order chi connectivity index (χ1) is 10.4. The minimum atomic E-state index is 0.577. The van der Waals surface area contributed by atoms with E-state index in [-0.39, 0.29) is 0 Å². The van der Waals surface area contributed by atoms with Crippen molar-refractivity contribution < 1.29 is 14.2 Å². The van der Waals surface area contributed by atoms with E-state index in [1.807, 2.05) is 12.1 Å². The maximum Gasteiger partial charge on any atom is 0.119 e. The third-order valence-electron chi connectivity index (χ3n) is 3.29. The highest BCUT2D eigenvalue weighted by molar-refractivity contribution is 5.28. The van der Waals surface area contributed by atoms with E-state index in [0.29, 0.717) is 26.4 Å². The standard InChI is InChI=1S/C17H27NO3/c1-2-8-19-9-10-20-11-12-21-17-5-3-4-15(13-17)14-18-16-6-7-16/h3-5,13,16,18H,2,6-12,14H2,1H3. The molecule has 1 aliphatic rings. The lowest BCUT2D eigenvalue weighted by Crippen LogP contribution is -2.15. The zero-order valence-electron chi connectivity index (χ0n) is 13.0. The second kappa shape index (κ2) is 9.77. The molecule has 1 aliphatic carbocycles. The Bertz CT molecular complexity index is 393. The van der Waals surface area contributed by atoms with Crippen LogP contribution in [0.4, 0.5) is 0 Å². The Hall–Kier alpha value is -1.10. The second-order valence-corrected chi connectivity index (χ2v) is 5.38. The van der Waals surface area contributed by atoms with Gasteiger partial charge in [-0.1, -0.05) is 19.1 Å². The molecule has 1 aromatic rings. The minimum absolute atomic E-state index is 0.577. The fraction of sp³-hybridized carbons (Fsp3) is 0.647. The van der Waals surface area contributed by atoms with Crippen molar-refractivity contribution in [2.75, 3.05) is 33.0 Å². The highest BCUT2D eigenvalue weighted by Gasteiger charge is 2.19. The molecule has 0 aliphatic heterocycles. The minimum Gasteiger partial charge on any atom is -0.491 e. The monoisotopic (exact) mass is 293 g/mol. The quantitative estimate of drug-likeness (QED) is 0.602. The van der Waals surface area contributed by atoms with Gasteiger partial charge in [-0.25, -0.2) is 0 Å². The Morgan fingerprint density at radius 3 is 2.57 bits per heavy atom. The van der Waals surface area contributed by atoms with Crippen LogP contribution >= 0.6 is 0 Å². The van der Waals surface area contributed by atoms with Gasteiger partial charge in [0.15, 0.2) is 0 Å². The average molecular weight is 293 g/mol. The molecule has 0 unspecified atom stereocenters. The lowest BCUT2D eigenvalue weighted by Gasteiger charge is -2.09. The van der Waals surface area contributed by atoms with Crippen LogP contribution in [0.1, 0.15) is 31.7 Å². The van der Waals surface area contributed by atoms with Crippen LogP contribution in [0.2, 0.25) is 0 Å². The molecule has 21 heavy (non-hydrogen) atoms. The van der Waals surface area contributed by atoms with E-state index in [4.69, 9.17) is 14.2 Å². The van der Waals surface area contributed by atoms with Gasteiger partial charge in [-0.15, -0.1) is 0 Å². The molecule has 0 spiro atoms. The van der Waals surface area contributed by atoms with Crippen LogP contribution in [-0.4, -0.2) is 39.1 Å². The Morgan fingerprint density at radius 2 is 1.81 bits per heavy atom. The van der Waals surface area contributed by atoms with Crippen molar-refractivity contribution in [1.82, 2.24) is 5.32 Å². The van der Waals surface area contributed by atoms with Crippen molar-refractivity contribution in [3.63, 3.8) is 0 Å². The van der Waals surface area contributed by atoms with Gasteiger partial charge in [0.2, 0.25) is 0 Å². The highest BCUT2D eigenvalue weighted by Crippen LogP contribution is 2.20. The molecule has 0 bridgehead atoms. The molecule has 0 atom stereocenters. The summed E-state index contributed by atoms with van der Waals surface area (Å²) in [5.74, 6) is 0.913. The van der Waals surface area contributed by atoms with Crippen molar-refractivity contribution in [3.05, 3.63) is 29.8 Å². The van der Waals surface area contributed by atoms with Gasteiger partial charge >= 0.3 is 0 Å². The summed E-state index contributed by atoms with van der Waals surface area (Å²) in [6.45, 7) is 6.30. The first-order valence-corrected chi connectivity index (χ1v) is 7.99. The first-order valence-electron chi connectivity index (χ1n) is 7.99. The molecule has 4 heteroatoms. The van der Waals surface area contributed by atoms with Crippen LogP contribution < -0.4 is 10.1 Å². The van der Waals surface area contributed by atoms with Gasteiger partial charge in [0.25, 0.3) is 0 Å². The molecular formula is C17H27NO3. The Morgan fingerprint density at radius 1 is 1.05 bits per heavy atom. The molecule has 0 heterocycles. The van der Waals surface area contributed by atoms with E-state index in [2.05, 4.69) is 24.4 Å². The molecular weight excluding hydrogens is 266 g/mol. The van der Waals surface area contributed by atoms with Crippen LogP contribution in [0.15, 0.2) is 24.3 Å². The number of nitrogens with one attached hydrogen (secondary N) is 1. The number of ether oxygens (including phenoxy) is 3. The summed E-state index contributed by atoms with van der Waals surface area (Å²) >= 11 is 0. The Balaban J connectivity index is 1.54. The fourth-order valence-electron chi connectivity index (χ4n) is 1.98. The van der Waals surface area contributed by atoms with Gasteiger partial charge in [-0.2, -0.15) is 0 Å². The summed E-state index contributed by atoms with van der Waals surface area (Å²) in [7, 11) is 0. The van der Waals surface area contributed by atoms with Gasteiger partial charge in [0.05, 0.1) is 19.8 Å². The third kappa shape index (κ3) is 7.46. The van der Waals surface area contributed by atoms with Crippen molar-refractivity contribution in [1.29, 1.82) is 0 Å². The average Bonchev–Trinajstić information content (AvgIpc) is 3.33. The molecule has 0 radical (unpaired) electrons. The van der Waals surface area contributed by atoms with Gasteiger partial charge in [0.1, 0.15) is 12.4 Å². The summed E-state index contributed by atoms with van der Waals surface area (Å²) in [6, 6.07) is 8.99. The molecule has 0 amide bonds. The molecule has 2 rings (SSSR count). The SMILES string of the molecule is CCCOCCOCCOc1cccc(CNC2CC2)c1. The van der Waals surface area contributed by atoms with E-state index < -0.39 is 0 Å². The summed E-state index contributed by atoms with van der Waals surface area (Å²) in [4.78, 5) is 0. The molecule has 118 valence electrons. The molecule has 1 N–H and O–H groups in total. The van der Waals surface area contributed by atoms with E-state index >= 15 is 0 Å². The zero-order chi connectivity index (χ0) is 14.8. The predicted molar refractivity (Wildman–Crippen MR) is 83.7 cm³/mol. The molecule has 4 nitrogen and oxygen atoms in total. The molecule has 0 saturated heterocycles. The van der Waals surface area contributed by atoms with Crippen LogP contribution in [0.25, 0.3) is 0 Å². The highest BCUT2D eigenvalue weighted by atomic mass is 16.5. The van der Waals surface area contributed by atoms with Gasteiger partial charge in [-0.3, -0.25) is 0 Å². The maximum atomic E-state index is 5.70. The van der Waals surface area contributed by atoms with Gasteiger partial charge in [0, 0.05) is 19.2 Å². The van der Waals surface area contributed by atoms with Crippen LogP contribution in [0.3, 0.4) is 0 Å². The maximum absolute atomic E-state index is 5.70. The normalized spacial score (nSPS) is 14.3. The van der Waals surface area contributed by atoms with Crippen LogP contribution in [-0.2, 0) is 16.0 Å². The van der Waals surface area contributed by atoms with Gasteiger partial charge in [-0.05, 0) is 37.0 Å². The Labute approximate surface area is 127 Å². The first kappa shape index (κ1) is 16.3. The van der Waals surface area contributed by atoms with E-state index in [1.54, 1.807) is 0 Å². The van der Waals surface area contributed by atoms with Crippen molar-refractivity contribution in [3.8, 4) is 5.75 Å². The predicted octanol–water partition coefficient (Wildman–Crippen LogP) is 2.76. The Kier molecular flexibility index (Phi) is 7.57. The summed E-state index contributed by atoms with van der Waals surface area (Å²) in [6.07, 6.45) is 3.68. The number of hydrogen-bond acceptors (Lipinski definition) is 4. The van der Waals surface area contributed by atoms with E-state index in [0.717, 1.165) is 31.4 Å². The summed E-state index contributed by atoms with van der Waals surface area (Å²) in [5.41, 5.74) is 1.27. The van der Waals surface area contributed by atoms with Crippen molar-refractivity contribution >= 4 is 0 Å². The molecule has 1 saturated carbocycles. The molecule has 0 aromatic heterocycles. The second-order valence-electron chi connectivity index (χ2n) is 5.38. The van der Waals surface area contributed by atoms with Crippen molar-refractivity contribution in [2.45, 2.75) is 38.8 Å².